The SMILES string of the molecule is CCOC(=O)C(=O)C[C@@H](C)[C@H]1CCC2C3CC=C4C[C@@H](O)CC[C@]4(C)C3CC[C@@]21C. The number of esters is 1. The average molecular weight is 417 g/mol. The topological polar surface area (TPSA) is 63.6 Å². The molecule has 4 aliphatic carbocycles. The highest BCUT2D eigenvalue weighted by Gasteiger charge is 2.59. The lowest BCUT2D eigenvalue weighted by atomic mass is 9.47. The lowest BCUT2D eigenvalue weighted by Crippen LogP contribution is -2.50. The fourth-order valence-electron chi connectivity index (χ4n) is 8.35. The minimum atomic E-state index is -0.662. The van der Waals surface area contributed by atoms with E-state index in [0.29, 0.717) is 18.3 Å². The summed E-state index contributed by atoms with van der Waals surface area (Å²) in [5.41, 5.74) is 2.06. The number of hydrogen-bond acceptors (Lipinski definition) is 4. The molecule has 0 radical (unpaired) electrons. The molecule has 0 aromatic carbocycles. The molecule has 1 N–H and O–H groups in total. The van der Waals surface area contributed by atoms with Gasteiger partial charge in [-0.25, -0.2) is 4.79 Å². The molecule has 0 aromatic heterocycles. The molecule has 8 atom stereocenters. The molecule has 0 heterocycles. The van der Waals surface area contributed by atoms with Gasteiger partial charge in [-0.05, 0) is 98.7 Å². The van der Waals surface area contributed by atoms with Gasteiger partial charge in [-0.3, -0.25) is 4.79 Å². The van der Waals surface area contributed by atoms with Gasteiger partial charge in [0.1, 0.15) is 0 Å². The molecule has 4 heteroatoms. The number of Topliss-reactive ketones (excluding diaryl/α,β-unsaturated/α-hetero) is 1. The monoisotopic (exact) mass is 416 g/mol. The van der Waals surface area contributed by atoms with Gasteiger partial charge in [0.15, 0.2) is 0 Å². The molecule has 0 amide bonds. The van der Waals surface area contributed by atoms with Crippen LogP contribution in [0.1, 0.15) is 85.5 Å². The number of allylic oxidation sites excluding steroid dienone is 1. The zero-order chi connectivity index (χ0) is 21.7. The Bertz CT molecular complexity index is 727. The fourth-order valence-corrected chi connectivity index (χ4v) is 8.35. The summed E-state index contributed by atoms with van der Waals surface area (Å²) in [4.78, 5) is 24.2. The summed E-state index contributed by atoms with van der Waals surface area (Å²) in [5, 5.41) is 10.2. The van der Waals surface area contributed by atoms with E-state index in [1.807, 2.05) is 0 Å². The summed E-state index contributed by atoms with van der Waals surface area (Å²) in [6.45, 7) is 9.12. The number of ether oxygens (including phenoxy) is 1. The van der Waals surface area contributed by atoms with Crippen LogP contribution in [-0.4, -0.2) is 29.6 Å². The Balaban J connectivity index is 1.50. The molecular formula is C26H40O4. The van der Waals surface area contributed by atoms with Gasteiger partial charge in [-0.15, -0.1) is 0 Å². The van der Waals surface area contributed by atoms with E-state index in [-0.39, 0.29) is 35.2 Å². The molecule has 0 saturated heterocycles. The van der Waals surface area contributed by atoms with Gasteiger partial charge < -0.3 is 9.84 Å². The summed E-state index contributed by atoms with van der Waals surface area (Å²) in [6.07, 6.45) is 11.7. The predicted molar refractivity (Wildman–Crippen MR) is 117 cm³/mol. The van der Waals surface area contributed by atoms with Crippen molar-refractivity contribution in [2.24, 2.45) is 40.4 Å². The number of fused-ring (bicyclic) bond motifs is 5. The summed E-state index contributed by atoms with van der Waals surface area (Å²) in [7, 11) is 0. The molecule has 168 valence electrons. The Morgan fingerprint density at radius 2 is 1.93 bits per heavy atom. The van der Waals surface area contributed by atoms with E-state index in [1.165, 1.54) is 31.3 Å². The third kappa shape index (κ3) is 3.47. The van der Waals surface area contributed by atoms with Crippen LogP contribution in [0, 0.1) is 40.4 Å². The van der Waals surface area contributed by atoms with Crippen molar-refractivity contribution in [1.82, 2.24) is 0 Å². The quantitative estimate of drug-likeness (QED) is 0.385. The van der Waals surface area contributed by atoms with Crippen molar-refractivity contribution in [2.75, 3.05) is 6.61 Å². The molecule has 4 aliphatic rings. The minimum Gasteiger partial charge on any atom is -0.460 e. The molecule has 0 aromatic rings. The largest absolute Gasteiger partial charge is 0.460 e. The lowest BCUT2D eigenvalue weighted by Gasteiger charge is -2.58. The Morgan fingerprint density at radius 3 is 2.67 bits per heavy atom. The maximum Gasteiger partial charge on any atom is 0.374 e. The Hall–Kier alpha value is -1.16. The Kier molecular flexibility index (Phi) is 5.93. The molecule has 3 fully saturated rings. The molecule has 3 saturated carbocycles. The van der Waals surface area contributed by atoms with Crippen LogP contribution in [0.25, 0.3) is 0 Å². The van der Waals surface area contributed by atoms with E-state index in [4.69, 9.17) is 4.74 Å². The van der Waals surface area contributed by atoms with E-state index in [1.54, 1.807) is 6.92 Å². The van der Waals surface area contributed by atoms with E-state index >= 15 is 0 Å². The zero-order valence-electron chi connectivity index (χ0n) is 19.3. The first-order chi connectivity index (χ1) is 14.2. The van der Waals surface area contributed by atoms with E-state index in [9.17, 15) is 14.7 Å². The number of carbonyl (C=O) groups excluding carboxylic acids is 2. The van der Waals surface area contributed by atoms with Crippen molar-refractivity contribution in [3.05, 3.63) is 11.6 Å². The molecule has 4 rings (SSSR count). The summed E-state index contributed by atoms with van der Waals surface area (Å²) < 4.78 is 4.93. The van der Waals surface area contributed by atoms with Crippen LogP contribution in [0.15, 0.2) is 11.6 Å². The second-order valence-corrected chi connectivity index (χ2v) is 11.2. The minimum absolute atomic E-state index is 0.150. The highest BCUT2D eigenvalue weighted by Crippen LogP contribution is 2.67. The maximum atomic E-state index is 12.3. The average Bonchev–Trinajstić information content (AvgIpc) is 3.06. The van der Waals surface area contributed by atoms with Crippen LogP contribution in [0.5, 0.6) is 0 Å². The predicted octanol–water partition coefficient (Wildman–Crippen LogP) is 5.08. The first kappa shape index (κ1) is 22.0. The first-order valence-electron chi connectivity index (χ1n) is 12.3. The van der Waals surface area contributed by atoms with E-state index < -0.39 is 5.97 Å². The standard InChI is InChI=1S/C26H40O4/c1-5-30-24(29)23(28)14-16(2)20-8-9-21-19-7-6-17-15-18(27)10-12-25(17,3)22(19)11-13-26(20,21)4/h6,16,18-22,27H,5,7-15H2,1-4H3/t16-,18+,19?,20-,21?,22?,25+,26-/m1/s1. The van der Waals surface area contributed by atoms with Gasteiger partial charge >= 0.3 is 5.97 Å². The van der Waals surface area contributed by atoms with E-state index in [0.717, 1.165) is 37.5 Å². The number of hydrogen-bond donors (Lipinski definition) is 1. The number of ketones is 1. The van der Waals surface area contributed by atoms with Crippen LogP contribution in [0.4, 0.5) is 0 Å². The van der Waals surface area contributed by atoms with Crippen molar-refractivity contribution >= 4 is 11.8 Å². The van der Waals surface area contributed by atoms with Gasteiger partial charge in [0, 0.05) is 6.42 Å². The number of carbonyl (C=O) groups is 2. The van der Waals surface area contributed by atoms with Gasteiger partial charge in [-0.2, -0.15) is 0 Å². The third-order valence-corrected chi connectivity index (χ3v) is 9.85. The molecule has 30 heavy (non-hydrogen) atoms. The van der Waals surface area contributed by atoms with Crippen molar-refractivity contribution in [2.45, 2.75) is 91.6 Å². The summed E-state index contributed by atoms with van der Waals surface area (Å²) >= 11 is 0. The number of aliphatic hydroxyl groups excluding tert-OH is 1. The zero-order valence-corrected chi connectivity index (χ0v) is 19.3. The second-order valence-electron chi connectivity index (χ2n) is 11.2. The van der Waals surface area contributed by atoms with Crippen LogP contribution in [0.3, 0.4) is 0 Å². The molecule has 0 spiro atoms. The first-order valence-corrected chi connectivity index (χ1v) is 12.3. The molecule has 3 unspecified atom stereocenters. The van der Waals surface area contributed by atoms with Crippen LogP contribution >= 0.6 is 0 Å². The molecule has 4 nitrogen and oxygen atoms in total. The van der Waals surface area contributed by atoms with Crippen LogP contribution in [-0.2, 0) is 14.3 Å². The summed E-state index contributed by atoms with van der Waals surface area (Å²) in [6, 6.07) is 0. The van der Waals surface area contributed by atoms with Gasteiger partial charge in [0.05, 0.1) is 12.7 Å². The summed E-state index contributed by atoms with van der Waals surface area (Å²) in [5.74, 6) is 1.89. The van der Waals surface area contributed by atoms with Crippen LogP contribution in [0.2, 0.25) is 0 Å². The van der Waals surface area contributed by atoms with Crippen LogP contribution < -0.4 is 0 Å². The Labute approximate surface area is 181 Å². The lowest BCUT2D eigenvalue weighted by molar-refractivity contribution is -0.154. The second kappa shape index (κ2) is 8.07. The third-order valence-electron chi connectivity index (χ3n) is 9.85. The van der Waals surface area contributed by atoms with Crippen molar-refractivity contribution in [1.29, 1.82) is 0 Å². The highest BCUT2D eigenvalue weighted by atomic mass is 16.5. The fraction of sp³-hybridized carbons (Fsp3) is 0.846. The maximum absolute atomic E-state index is 12.3. The molecule has 0 aliphatic heterocycles. The normalized spacial score (nSPS) is 43.6. The van der Waals surface area contributed by atoms with Crippen molar-refractivity contribution in [3.63, 3.8) is 0 Å². The van der Waals surface area contributed by atoms with Crippen molar-refractivity contribution in [3.8, 4) is 0 Å². The molecule has 0 bridgehead atoms. The van der Waals surface area contributed by atoms with Crippen molar-refractivity contribution < 1.29 is 19.4 Å². The van der Waals surface area contributed by atoms with Gasteiger partial charge in [-0.1, -0.05) is 32.4 Å². The number of rotatable bonds is 5. The van der Waals surface area contributed by atoms with E-state index in [2.05, 4.69) is 26.8 Å². The highest BCUT2D eigenvalue weighted by molar-refractivity contribution is 6.33. The Morgan fingerprint density at radius 1 is 1.17 bits per heavy atom. The molecular weight excluding hydrogens is 376 g/mol. The van der Waals surface area contributed by atoms with Gasteiger partial charge in [0.2, 0.25) is 5.78 Å². The smallest absolute Gasteiger partial charge is 0.374 e. The number of aliphatic hydroxyl groups is 1. The van der Waals surface area contributed by atoms with Gasteiger partial charge in [0.25, 0.3) is 0 Å².